The highest BCUT2D eigenvalue weighted by molar-refractivity contribution is 7.18. The number of ether oxygens (including phenoxy) is 1. The molecule has 2 aromatic rings. The first-order valence-electron chi connectivity index (χ1n) is 7.00. The van der Waals surface area contributed by atoms with Crippen molar-refractivity contribution in [2.24, 2.45) is 0 Å². The van der Waals surface area contributed by atoms with Gasteiger partial charge in [-0.2, -0.15) is 0 Å². The van der Waals surface area contributed by atoms with Gasteiger partial charge in [-0.1, -0.05) is 0 Å². The van der Waals surface area contributed by atoms with Crippen LogP contribution in [0.1, 0.15) is 16.6 Å². The third-order valence-electron chi connectivity index (χ3n) is 3.95. The Bertz CT molecular complexity index is 698. The Balaban J connectivity index is 1.94. The van der Waals surface area contributed by atoms with E-state index < -0.39 is 0 Å². The topological polar surface area (TPSA) is 54.5 Å². The molecule has 0 saturated carbocycles. The maximum Gasteiger partial charge on any atom is 0.263 e. The molecule has 4 rings (SSSR count). The molecule has 5 nitrogen and oxygen atoms in total. The lowest BCUT2D eigenvalue weighted by Gasteiger charge is -2.33. The lowest BCUT2D eigenvalue weighted by atomic mass is 10.1. The second-order valence-corrected chi connectivity index (χ2v) is 6.30. The van der Waals surface area contributed by atoms with Crippen LogP contribution in [0.2, 0.25) is 0 Å². The third kappa shape index (κ3) is 1.90. The van der Waals surface area contributed by atoms with Crippen LogP contribution in [-0.4, -0.2) is 36.6 Å². The largest absolute Gasteiger partial charge is 0.488 e. The van der Waals surface area contributed by atoms with Crippen molar-refractivity contribution in [3.63, 3.8) is 0 Å². The number of anilines is 1. The normalized spacial score (nSPS) is 20.3. The third-order valence-corrected chi connectivity index (χ3v) is 5.15. The SMILES string of the molecule is C[C@H]1CNC(=O)c2sc(-c3ccncc3)c3c2N1CCO3. The van der Waals surface area contributed by atoms with Crippen molar-refractivity contribution in [3.05, 3.63) is 29.4 Å². The van der Waals surface area contributed by atoms with Crippen molar-refractivity contribution in [3.8, 4) is 16.2 Å². The molecule has 2 aromatic heterocycles. The van der Waals surface area contributed by atoms with E-state index in [2.05, 4.69) is 22.1 Å². The van der Waals surface area contributed by atoms with Crippen molar-refractivity contribution in [2.45, 2.75) is 13.0 Å². The van der Waals surface area contributed by atoms with Crippen LogP contribution in [0.25, 0.3) is 10.4 Å². The van der Waals surface area contributed by atoms with E-state index >= 15 is 0 Å². The van der Waals surface area contributed by atoms with Gasteiger partial charge in [-0.3, -0.25) is 9.78 Å². The van der Waals surface area contributed by atoms with Gasteiger partial charge >= 0.3 is 0 Å². The second-order valence-electron chi connectivity index (χ2n) is 5.27. The first kappa shape index (κ1) is 12.6. The summed E-state index contributed by atoms with van der Waals surface area (Å²) in [5.41, 5.74) is 2.00. The summed E-state index contributed by atoms with van der Waals surface area (Å²) in [6, 6.07) is 4.18. The van der Waals surface area contributed by atoms with Crippen LogP contribution in [0, 0.1) is 0 Å². The van der Waals surface area contributed by atoms with Gasteiger partial charge in [0.25, 0.3) is 5.91 Å². The number of nitrogens with zero attached hydrogens (tertiary/aromatic N) is 2. The molecule has 1 amide bonds. The fraction of sp³-hybridized carbons (Fsp3) is 0.333. The average molecular weight is 301 g/mol. The number of hydrogen-bond donors (Lipinski definition) is 1. The molecule has 0 unspecified atom stereocenters. The Morgan fingerprint density at radius 3 is 3.00 bits per heavy atom. The Labute approximate surface area is 126 Å². The predicted molar refractivity (Wildman–Crippen MR) is 82.2 cm³/mol. The molecule has 0 fully saturated rings. The minimum absolute atomic E-state index is 0.00333. The summed E-state index contributed by atoms with van der Waals surface area (Å²) in [5, 5.41) is 3.00. The lowest BCUT2D eigenvalue weighted by Crippen LogP contribution is -2.42. The van der Waals surface area contributed by atoms with Gasteiger partial charge < -0.3 is 15.0 Å². The Hall–Kier alpha value is -2.08. The van der Waals surface area contributed by atoms with Gasteiger partial charge in [0.2, 0.25) is 0 Å². The van der Waals surface area contributed by atoms with E-state index in [-0.39, 0.29) is 11.9 Å². The Morgan fingerprint density at radius 1 is 1.38 bits per heavy atom. The van der Waals surface area contributed by atoms with Crippen molar-refractivity contribution in [1.29, 1.82) is 0 Å². The van der Waals surface area contributed by atoms with Gasteiger partial charge in [-0.25, -0.2) is 0 Å². The van der Waals surface area contributed by atoms with Crippen molar-refractivity contribution >= 4 is 22.9 Å². The fourth-order valence-electron chi connectivity index (χ4n) is 2.88. The molecular formula is C15H15N3O2S. The highest BCUT2D eigenvalue weighted by Crippen LogP contribution is 2.50. The summed E-state index contributed by atoms with van der Waals surface area (Å²) in [5.74, 6) is 0.841. The van der Waals surface area contributed by atoms with Gasteiger partial charge in [0.1, 0.15) is 17.2 Å². The molecule has 0 saturated heterocycles. The molecular weight excluding hydrogens is 286 g/mol. The van der Waals surface area contributed by atoms with Crippen LogP contribution in [-0.2, 0) is 0 Å². The summed E-state index contributed by atoms with van der Waals surface area (Å²) in [4.78, 5) is 20.4. The van der Waals surface area contributed by atoms with Crippen LogP contribution in [0.5, 0.6) is 5.75 Å². The molecule has 1 N–H and O–H groups in total. The molecule has 4 heterocycles. The quantitative estimate of drug-likeness (QED) is 0.877. The molecule has 6 heteroatoms. The van der Waals surface area contributed by atoms with E-state index in [4.69, 9.17) is 4.74 Å². The summed E-state index contributed by atoms with van der Waals surface area (Å²) in [6.45, 7) is 4.28. The van der Waals surface area contributed by atoms with E-state index in [1.54, 1.807) is 12.4 Å². The smallest absolute Gasteiger partial charge is 0.263 e. The van der Waals surface area contributed by atoms with E-state index in [9.17, 15) is 4.79 Å². The van der Waals surface area contributed by atoms with E-state index in [1.165, 1.54) is 11.3 Å². The monoisotopic (exact) mass is 301 g/mol. The number of thiophene rings is 1. The number of aromatic nitrogens is 1. The zero-order chi connectivity index (χ0) is 14.4. The summed E-state index contributed by atoms with van der Waals surface area (Å²) >= 11 is 1.50. The number of pyridine rings is 1. The molecule has 21 heavy (non-hydrogen) atoms. The van der Waals surface area contributed by atoms with Crippen LogP contribution in [0.4, 0.5) is 5.69 Å². The summed E-state index contributed by atoms with van der Waals surface area (Å²) in [7, 11) is 0. The van der Waals surface area contributed by atoms with Gasteiger partial charge in [-0.05, 0) is 24.6 Å². The number of rotatable bonds is 1. The number of nitrogens with one attached hydrogen (secondary N) is 1. The second kappa shape index (κ2) is 4.73. The van der Waals surface area contributed by atoms with Crippen LogP contribution in [0.3, 0.4) is 0 Å². The predicted octanol–water partition coefficient (Wildman–Crippen LogP) is 2.14. The summed E-state index contributed by atoms with van der Waals surface area (Å²) in [6.07, 6.45) is 3.52. The maximum absolute atomic E-state index is 12.3. The van der Waals surface area contributed by atoms with Gasteiger partial charge in [-0.15, -0.1) is 11.3 Å². The highest BCUT2D eigenvalue weighted by atomic mass is 32.1. The first-order chi connectivity index (χ1) is 10.3. The zero-order valence-electron chi connectivity index (χ0n) is 11.6. The van der Waals surface area contributed by atoms with Crippen molar-refractivity contribution in [1.82, 2.24) is 10.3 Å². The molecule has 0 bridgehead atoms. The molecule has 0 aliphatic carbocycles. The van der Waals surface area contributed by atoms with E-state index in [0.29, 0.717) is 13.2 Å². The number of carbonyl (C=O) groups is 1. The van der Waals surface area contributed by atoms with E-state index in [1.807, 2.05) is 12.1 Å². The number of carbonyl (C=O) groups excluding carboxylic acids is 1. The standard InChI is InChI=1S/C15H15N3O2S/c1-9-8-17-15(19)14-11-12(20-7-6-18(9)11)13(21-14)10-2-4-16-5-3-10/h2-5,9H,6-8H2,1H3,(H,17,19)/t9-/m0/s1. The molecule has 0 aromatic carbocycles. The summed E-state index contributed by atoms with van der Waals surface area (Å²) < 4.78 is 5.92. The van der Waals surface area contributed by atoms with Crippen molar-refractivity contribution in [2.75, 3.05) is 24.6 Å². The van der Waals surface area contributed by atoms with Gasteiger partial charge in [0.15, 0.2) is 5.75 Å². The number of amides is 1. The Kier molecular flexibility index (Phi) is 2.85. The zero-order valence-corrected chi connectivity index (χ0v) is 12.4. The van der Waals surface area contributed by atoms with Gasteiger partial charge in [0.05, 0.1) is 11.4 Å². The van der Waals surface area contributed by atoms with Crippen molar-refractivity contribution < 1.29 is 9.53 Å². The van der Waals surface area contributed by atoms with Crippen LogP contribution >= 0.6 is 11.3 Å². The van der Waals surface area contributed by atoms with Crippen LogP contribution < -0.4 is 15.0 Å². The first-order valence-corrected chi connectivity index (χ1v) is 7.82. The molecule has 0 radical (unpaired) electrons. The molecule has 2 aliphatic rings. The maximum atomic E-state index is 12.3. The number of hydrogen-bond acceptors (Lipinski definition) is 5. The molecule has 0 spiro atoms. The minimum atomic E-state index is -0.00333. The highest BCUT2D eigenvalue weighted by Gasteiger charge is 2.35. The lowest BCUT2D eigenvalue weighted by molar-refractivity contribution is 0.0959. The average Bonchev–Trinajstić information content (AvgIpc) is 2.87. The molecule has 108 valence electrons. The van der Waals surface area contributed by atoms with Gasteiger partial charge in [0, 0.05) is 25.0 Å². The molecule has 2 aliphatic heterocycles. The van der Waals surface area contributed by atoms with E-state index in [0.717, 1.165) is 33.3 Å². The molecule has 1 atom stereocenters. The van der Waals surface area contributed by atoms with Crippen LogP contribution in [0.15, 0.2) is 24.5 Å². The minimum Gasteiger partial charge on any atom is -0.488 e. The Morgan fingerprint density at radius 2 is 2.19 bits per heavy atom. The fourth-order valence-corrected chi connectivity index (χ4v) is 4.06.